The second-order valence-corrected chi connectivity index (χ2v) is 7.74. The van der Waals surface area contributed by atoms with Gasteiger partial charge in [-0.15, -0.1) is 0 Å². The number of halogens is 3. The van der Waals surface area contributed by atoms with E-state index < -0.39 is 46.2 Å². The van der Waals surface area contributed by atoms with Crippen molar-refractivity contribution in [1.82, 2.24) is 4.72 Å². The zero-order valence-electron chi connectivity index (χ0n) is 12.3. The fraction of sp³-hybridized carbons (Fsp3) is 0.571. The molecule has 2 atom stereocenters. The SMILES string of the molecule is CC(C)(C)S(=O)NC(CF)(CCO)c1cccc(F)c1F. The second kappa shape index (κ2) is 6.89. The van der Waals surface area contributed by atoms with Crippen LogP contribution in [0.1, 0.15) is 32.8 Å². The van der Waals surface area contributed by atoms with Crippen molar-refractivity contribution in [3.63, 3.8) is 0 Å². The number of benzene rings is 1. The number of hydrogen-bond acceptors (Lipinski definition) is 2. The van der Waals surface area contributed by atoms with Crippen molar-refractivity contribution in [2.45, 2.75) is 37.5 Å². The van der Waals surface area contributed by atoms with Crippen molar-refractivity contribution in [3.8, 4) is 0 Å². The average Bonchev–Trinajstić information content (AvgIpc) is 2.40. The Morgan fingerprint density at radius 3 is 2.38 bits per heavy atom. The molecule has 0 aromatic heterocycles. The lowest BCUT2D eigenvalue weighted by molar-refractivity contribution is 0.192. The highest BCUT2D eigenvalue weighted by atomic mass is 32.2. The molecule has 7 heteroatoms. The lowest BCUT2D eigenvalue weighted by Crippen LogP contribution is -2.50. The van der Waals surface area contributed by atoms with Gasteiger partial charge in [-0.25, -0.2) is 22.1 Å². The maximum atomic E-state index is 14.0. The number of nitrogens with one attached hydrogen (secondary N) is 1. The predicted octanol–water partition coefficient (Wildman–Crippen LogP) is 2.56. The van der Waals surface area contributed by atoms with Crippen LogP contribution in [0.5, 0.6) is 0 Å². The largest absolute Gasteiger partial charge is 0.396 e. The molecule has 120 valence electrons. The zero-order valence-corrected chi connectivity index (χ0v) is 13.1. The van der Waals surface area contributed by atoms with E-state index in [0.717, 1.165) is 6.07 Å². The van der Waals surface area contributed by atoms with Gasteiger partial charge in [-0.2, -0.15) is 0 Å². The van der Waals surface area contributed by atoms with Gasteiger partial charge in [0.15, 0.2) is 11.6 Å². The Hall–Kier alpha value is -0.920. The summed E-state index contributed by atoms with van der Waals surface area (Å²) in [6, 6.07) is 3.39. The van der Waals surface area contributed by atoms with Gasteiger partial charge in [0, 0.05) is 12.2 Å². The second-order valence-electron chi connectivity index (χ2n) is 5.77. The van der Waals surface area contributed by atoms with Crippen molar-refractivity contribution >= 4 is 11.0 Å². The summed E-state index contributed by atoms with van der Waals surface area (Å²) in [5.74, 6) is -2.33. The first-order valence-electron chi connectivity index (χ1n) is 6.49. The highest BCUT2D eigenvalue weighted by Gasteiger charge is 2.39. The van der Waals surface area contributed by atoms with Crippen LogP contribution >= 0.6 is 0 Å². The molecule has 3 nitrogen and oxygen atoms in total. The minimum absolute atomic E-state index is 0.230. The topological polar surface area (TPSA) is 49.3 Å². The van der Waals surface area contributed by atoms with Crippen LogP contribution < -0.4 is 4.72 Å². The lowest BCUT2D eigenvalue weighted by Gasteiger charge is -2.34. The molecule has 0 aliphatic rings. The Morgan fingerprint density at radius 1 is 1.29 bits per heavy atom. The quantitative estimate of drug-likeness (QED) is 0.845. The molecule has 0 amide bonds. The van der Waals surface area contributed by atoms with E-state index in [0.29, 0.717) is 0 Å². The van der Waals surface area contributed by atoms with Gasteiger partial charge < -0.3 is 5.11 Å². The molecule has 2 N–H and O–H groups in total. The third-order valence-corrected chi connectivity index (χ3v) is 4.77. The molecule has 0 aliphatic heterocycles. The van der Waals surface area contributed by atoms with Gasteiger partial charge in [-0.3, -0.25) is 0 Å². The standard InChI is InChI=1S/C14H20F3NO2S/c1-13(2,3)21(20)18-14(9-15,7-8-19)10-5-4-6-11(16)12(10)17/h4-6,18-19H,7-9H2,1-3H3. The van der Waals surface area contributed by atoms with Crippen LogP contribution in [0.2, 0.25) is 0 Å². The molecule has 0 saturated heterocycles. The third kappa shape index (κ3) is 4.05. The molecule has 0 heterocycles. The van der Waals surface area contributed by atoms with Crippen LogP contribution in [-0.4, -0.2) is 27.3 Å². The van der Waals surface area contributed by atoms with E-state index in [4.69, 9.17) is 5.11 Å². The number of alkyl halides is 1. The van der Waals surface area contributed by atoms with Crippen LogP contribution in [0.15, 0.2) is 18.2 Å². The normalized spacial score (nSPS) is 16.5. The minimum Gasteiger partial charge on any atom is -0.396 e. The Balaban J connectivity index is 3.33. The minimum atomic E-state index is -1.74. The van der Waals surface area contributed by atoms with Gasteiger partial charge in [-0.1, -0.05) is 12.1 Å². The van der Waals surface area contributed by atoms with Gasteiger partial charge in [0.1, 0.15) is 6.67 Å². The van der Waals surface area contributed by atoms with Gasteiger partial charge >= 0.3 is 0 Å². The van der Waals surface area contributed by atoms with Gasteiger partial charge in [0.2, 0.25) is 0 Å². The van der Waals surface area contributed by atoms with Crippen molar-refractivity contribution in [1.29, 1.82) is 0 Å². The molecule has 0 fully saturated rings. The molecule has 21 heavy (non-hydrogen) atoms. The fourth-order valence-corrected chi connectivity index (χ4v) is 2.73. The van der Waals surface area contributed by atoms with Crippen LogP contribution in [0.4, 0.5) is 13.2 Å². The Labute approximate surface area is 125 Å². The number of rotatable bonds is 6. The maximum absolute atomic E-state index is 14.0. The van der Waals surface area contributed by atoms with Crippen LogP contribution in [0, 0.1) is 11.6 Å². The van der Waals surface area contributed by atoms with Gasteiger partial charge in [0.05, 0.1) is 21.3 Å². The molecule has 0 spiro atoms. The molecular formula is C14H20F3NO2S. The summed E-state index contributed by atoms with van der Waals surface area (Å²) in [6.07, 6.45) is -0.230. The monoisotopic (exact) mass is 323 g/mol. The Morgan fingerprint density at radius 2 is 1.90 bits per heavy atom. The summed E-state index contributed by atoms with van der Waals surface area (Å²) in [7, 11) is -1.71. The number of aliphatic hydroxyl groups excluding tert-OH is 1. The summed E-state index contributed by atoms with van der Waals surface area (Å²) < 4.78 is 55.1. The molecule has 0 aliphatic carbocycles. The van der Waals surface area contributed by atoms with Crippen molar-refractivity contribution < 1.29 is 22.5 Å². The Kier molecular flexibility index (Phi) is 5.95. The summed E-state index contributed by atoms with van der Waals surface area (Å²) >= 11 is 0. The van der Waals surface area contributed by atoms with E-state index in [1.165, 1.54) is 12.1 Å². The first-order chi connectivity index (χ1) is 9.68. The van der Waals surface area contributed by atoms with Crippen LogP contribution in [-0.2, 0) is 16.5 Å². The van der Waals surface area contributed by atoms with Crippen LogP contribution in [0.25, 0.3) is 0 Å². The molecule has 1 aromatic carbocycles. The van der Waals surface area contributed by atoms with E-state index in [2.05, 4.69) is 4.72 Å². The van der Waals surface area contributed by atoms with E-state index >= 15 is 0 Å². The predicted molar refractivity (Wildman–Crippen MR) is 76.7 cm³/mol. The van der Waals surface area contributed by atoms with E-state index in [9.17, 15) is 17.4 Å². The lowest BCUT2D eigenvalue weighted by atomic mass is 9.88. The number of aliphatic hydroxyl groups is 1. The summed E-state index contributed by atoms with van der Waals surface area (Å²) in [5.41, 5.74) is -2.02. The summed E-state index contributed by atoms with van der Waals surface area (Å²) in [4.78, 5) is 0. The van der Waals surface area contributed by atoms with Crippen molar-refractivity contribution in [3.05, 3.63) is 35.4 Å². The fourth-order valence-electron chi connectivity index (χ4n) is 1.80. The number of hydrogen-bond donors (Lipinski definition) is 2. The van der Waals surface area contributed by atoms with Gasteiger partial charge in [0.25, 0.3) is 0 Å². The third-order valence-electron chi connectivity index (χ3n) is 3.08. The smallest absolute Gasteiger partial charge is 0.164 e. The maximum Gasteiger partial charge on any atom is 0.164 e. The average molecular weight is 323 g/mol. The van der Waals surface area contributed by atoms with E-state index in [1.807, 2.05) is 0 Å². The highest BCUT2D eigenvalue weighted by molar-refractivity contribution is 7.84. The summed E-state index contributed by atoms with van der Waals surface area (Å²) in [5, 5.41) is 9.15. The molecule has 2 unspecified atom stereocenters. The molecule has 0 radical (unpaired) electrons. The van der Waals surface area contributed by atoms with Crippen LogP contribution in [0.3, 0.4) is 0 Å². The van der Waals surface area contributed by atoms with E-state index in [1.54, 1.807) is 20.8 Å². The first-order valence-corrected chi connectivity index (χ1v) is 7.64. The molecule has 1 rings (SSSR count). The molecule has 1 aromatic rings. The summed E-state index contributed by atoms with van der Waals surface area (Å²) in [6.45, 7) is 3.41. The zero-order chi connectivity index (χ0) is 16.3. The van der Waals surface area contributed by atoms with Crippen molar-refractivity contribution in [2.24, 2.45) is 0 Å². The van der Waals surface area contributed by atoms with Gasteiger partial charge in [-0.05, 0) is 33.3 Å². The Bertz CT molecular complexity index is 519. The molecule has 0 saturated carbocycles. The first kappa shape index (κ1) is 18.1. The molecular weight excluding hydrogens is 303 g/mol. The molecule has 0 bridgehead atoms. The van der Waals surface area contributed by atoms with E-state index in [-0.39, 0.29) is 12.0 Å². The highest BCUT2D eigenvalue weighted by Crippen LogP contribution is 2.31. The van der Waals surface area contributed by atoms with Crippen molar-refractivity contribution in [2.75, 3.05) is 13.3 Å².